The molecule has 0 bridgehead atoms. The molecule has 1 atom stereocenters. The number of amides is 2. The highest BCUT2D eigenvalue weighted by Crippen LogP contribution is 2.09. The first kappa shape index (κ1) is 16.7. The third kappa shape index (κ3) is 5.29. The van der Waals surface area contributed by atoms with E-state index in [1.54, 1.807) is 6.33 Å². The molecule has 2 rings (SSSR count). The van der Waals surface area contributed by atoms with Crippen molar-refractivity contribution in [3.8, 4) is 0 Å². The Hall–Kier alpha value is -1.63. The number of urea groups is 1. The van der Waals surface area contributed by atoms with Crippen molar-refractivity contribution in [2.24, 2.45) is 7.05 Å². The zero-order valence-electron chi connectivity index (χ0n) is 13.7. The largest absolute Gasteiger partial charge is 0.338 e. The average molecular weight is 308 g/mol. The summed E-state index contributed by atoms with van der Waals surface area (Å²) in [7, 11) is 1.87. The first-order valence-electron chi connectivity index (χ1n) is 8.27. The van der Waals surface area contributed by atoms with Crippen LogP contribution in [0, 0.1) is 0 Å². The van der Waals surface area contributed by atoms with Gasteiger partial charge in [-0.15, -0.1) is 10.2 Å². The van der Waals surface area contributed by atoms with Crippen LogP contribution in [0.15, 0.2) is 6.33 Å². The lowest BCUT2D eigenvalue weighted by molar-refractivity contribution is 0.235. The van der Waals surface area contributed by atoms with Crippen molar-refractivity contribution >= 4 is 6.03 Å². The van der Waals surface area contributed by atoms with Crippen molar-refractivity contribution in [2.45, 2.75) is 45.1 Å². The van der Waals surface area contributed by atoms with E-state index in [1.165, 1.54) is 38.8 Å². The fourth-order valence-corrected chi connectivity index (χ4v) is 2.86. The maximum absolute atomic E-state index is 11.9. The molecule has 124 valence electrons. The number of rotatable bonds is 6. The topological polar surface area (TPSA) is 75.1 Å². The van der Waals surface area contributed by atoms with Crippen LogP contribution in [-0.2, 0) is 7.05 Å². The maximum atomic E-state index is 11.9. The fourth-order valence-electron chi connectivity index (χ4n) is 2.86. The first-order chi connectivity index (χ1) is 10.7. The van der Waals surface area contributed by atoms with E-state index in [9.17, 15) is 4.79 Å². The van der Waals surface area contributed by atoms with Gasteiger partial charge in [-0.1, -0.05) is 12.8 Å². The van der Waals surface area contributed by atoms with Gasteiger partial charge in [-0.3, -0.25) is 0 Å². The van der Waals surface area contributed by atoms with Crippen LogP contribution in [0.4, 0.5) is 4.79 Å². The van der Waals surface area contributed by atoms with Gasteiger partial charge < -0.3 is 20.1 Å². The molecule has 1 aliphatic rings. The number of aryl methyl sites for hydroxylation is 1. The second-order valence-corrected chi connectivity index (χ2v) is 6.03. The second-order valence-electron chi connectivity index (χ2n) is 6.03. The van der Waals surface area contributed by atoms with Gasteiger partial charge >= 0.3 is 6.03 Å². The van der Waals surface area contributed by atoms with E-state index in [2.05, 4.69) is 25.7 Å². The molecule has 0 radical (unpaired) electrons. The zero-order valence-corrected chi connectivity index (χ0v) is 13.7. The summed E-state index contributed by atoms with van der Waals surface area (Å²) in [5.41, 5.74) is 0. The molecule has 22 heavy (non-hydrogen) atoms. The van der Waals surface area contributed by atoms with E-state index in [-0.39, 0.29) is 12.1 Å². The molecule has 1 saturated heterocycles. The van der Waals surface area contributed by atoms with E-state index in [0.29, 0.717) is 6.54 Å². The van der Waals surface area contributed by atoms with Crippen molar-refractivity contribution < 1.29 is 4.79 Å². The zero-order chi connectivity index (χ0) is 15.8. The quantitative estimate of drug-likeness (QED) is 0.780. The summed E-state index contributed by atoms with van der Waals surface area (Å²) in [6.45, 7) is 6.08. The van der Waals surface area contributed by atoms with Crippen molar-refractivity contribution in [1.29, 1.82) is 0 Å². The standard InChI is InChI=1S/C15H28N6O/c1-13(14-19-17-12-20(14)2)18-15(22)16-8-7-11-21-9-5-3-4-6-10-21/h12-13H,3-11H2,1-2H3,(H2,16,18,22). The van der Waals surface area contributed by atoms with Crippen molar-refractivity contribution in [1.82, 2.24) is 30.3 Å². The molecule has 2 heterocycles. The highest BCUT2D eigenvalue weighted by Gasteiger charge is 2.14. The number of carbonyl (C=O) groups is 1. The van der Waals surface area contributed by atoms with Gasteiger partial charge in [0.1, 0.15) is 6.33 Å². The van der Waals surface area contributed by atoms with Crippen LogP contribution in [0.3, 0.4) is 0 Å². The van der Waals surface area contributed by atoms with Gasteiger partial charge in [-0.25, -0.2) is 4.79 Å². The third-order valence-electron chi connectivity index (χ3n) is 4.12. The van der Waals surface area contributed by atoms with E-state index >= 15 is 0 Å². The summed E-state index contributed by atoms with van der Waals surface area (Å²) in [5.74, 6) is 0.750. The normalized spacial score (nSPS) is 17.7. The summed E-state index contributed by atoms with van der Waals surface area (Å²) in [6.07, 6.45) is 7.96. The van der Waals surface area contributed by atoms with Gasteiger partial charge in [0.25, 0.3) is 0 Å². The average Bonchev–Trinajstić information content (AvgIpc) is 2.76. The minimum atomic E-state index is -0.155. The number of nitrogens with one attached hydrogen (secondary N) is 2. The molecule has 2 N–H and O–H groups in total. The van der Waals surface area contributed by atoms with Gasteiger partial charge in [-0.05, 0) is 45.8 Å². The van der Waals surface area contributed by atoms with Crippen molar-refractivity contribution in [3.63, 3.8) is 0 Å². The van der Waals surface area contributed by atoms with E-state index in [1.807, 2.05) is 18.5 Å². The van der Waals surface area contributed by atoms with Crippen LogP contribution in [0.2, 0.25) is 0 Å². The molecule has 0 aliphatic carbocycles. The Bertz CT molecular complexity index is 453. The SMILES string of the molecule is CC(NC(=O)NCCCN1CCCCCC1)c1nncn1C. The predicted octanol–water partition coefficient (Wildman–Crippen LogP) is 1.44. The van der Waals surface area contributed by atoms with Gasteiger partial charge in [0.05, 0.1) is 6.04 Å². The fraction of sp³-hybridized carbons (Fsp3) is 0.800. The third-order valence-corrected chi connectivity index (χ3v) is 4.12. The molecule has 1 aromatic heterocycles. The van der Waals surface area contributed by atoms with Crippen LogP contribution in [0.25, 0.3) is 0 Å². The predicted molar refractivity (Wildman–Crippen MR) is 85.5 cm³/mol. The minimum absolute atomic E-state index is 0.147. The van der Waals surface area contributed by atoms with E-state index < -0.39 is 0 Å². The Labute approximate surface area is 132 Å². The van der Waals surface area contributed by atoms with Gasteiger partial charge in [-0.2, -0.15) is 0 Å². The summed E-state index contributed by atoms with van der Waals surface area (Å²) in [4.78, 5) is 14.4. The molecule has 1 aliphatic heterocycles. The van der Waals surface area contributed by atoms with Crippen molar-refractivity contribution in [2.75, 3.05) is 26.2 Å². The van der Waals surface area contributed by atoms with Gasteiger partial charge in [0.15, 0.2) is 5.82 Å². The number of aromatic nitrogens is 3. The lowest BCUT2D eigenvalue weighted by Crippen LogP contribution is -2.39. The van der Waals surface area contributed by atoms with E-state index in [0.717, 1.165) is 18.8 Å². The lowest BCUT2D eigenvalue weighted by atomic mass is 10.2. The number of carbonyl (C=O) groups excluding carboxylic acids is 1. The molecule has 2 amide bonds. The summed E-state index contributed by atoms with van der Waals surface area (Å²) >= 11 is 0. The number of likely N-dealkylation sites (tertiary alicyclic amines) is 1. The highest BCUT2D eigenvalue weighted by molar-refractivity contribution is 5.74. The minimum Gasteiger partial charge on any atom is -0.338 e. The highest BCUT2D eigenvalue weighted by atomic mass is 16.2. The molecule has 1 fully saturated rings. The smallest absolute Gasteiger partial charge is 0.315 e. The Kier molecular flexibility index (Phi) is 6.64. The lowest BCUT2D eigenvalue weighted by Gasteiger charge is -2.19. The molecule has 7 nitrogen and oxygen atoms in total. The Morgan fingerprint density at radius 3 is 2.68 bits per heavy atom. The molecule has 7 heteroatoms. The van der Waals surface area contributed by atoms with Crippen LogP contribution >= 0.6 is 0 Å². The molecular formula is C15H28N6O. The van der Waals surface area contributed by atoms with Crippen LogP contribution in [0.1, 0.15) is 50.9 Å². The summed E-state index contributed by atoms with van der Waals surface area (Å²) in [6, 6.07) is -0.301. The molecule has 1 unspecified atom stereocenters. The monoisotopic (exact) mass is 308 g/mol. The molecular weight excluding hydrogens is 280 g/mol. The van der Waals surface area contributed by atoms with Gasteiger partial charge in [0.2, 0.25) is 0 Å². The Morgan fingerprint density at radius 1 is 1.32 bits per heavy atom. The van der Waals surface area contributed by atoms with Gasteiger partial charge in [0, 0.05) is 13.6 Å². The first-order valence-corrected chi connectivity index (χ1v) is 8.27. The summed E-state index contributed by atoms with van der Waals surface area (Å²) < 4.78 is 1.81. The molecule has 0 spiro atoms. The summed E-state index contributed by atoms with van der Waals surface area (Å²) in [5, 5.41) is 13.6. The van der Waals surface area contributed by atoms with Crippen LogP contribution in [0.5, 0.6) is 0 Å². The Morgan fingerprint density at radius 2 is 2.05 bits per heavy atom. The number of hydrogen-bond donors (Lipinski definition) is 2. The van der Waals surface area contributed by atoms with E-state index in [4.69, 9.17) is 0 Å². The second kappa shape index (κ2) is 8.73. The van der Waals surface area contributed by atoms with Crippen LogP contribution < -0.4 is 10.6 Å². The number of hydrogen-bond acceptors (Lipinski definition) is 4. The molecule has 0 saturated carbocycles. The Balaban J connectivity index is 1.60. The van der Waals surface area contributed by atoms with Crippen LogP contribution in [-0.4, -0.2) is 51.9 Å². The number of nitrogens with zero attached hydrogens (tertiary/aromatic N) is 4. The van der Waals surface area contributed by atoms with Crippen molar-refractivity contribution in [3.05, 3.63) is 12.2 Å². The maximum Gasteiger partial charge on any atom is 0.315 e. The molecule has 1 aromatic rings. The molecule has 0 aromatic carbocycles.